The van der Waals surface area contributed by atoms with E-state index in [9.17, 15) is 9.59 Å². The van der Waals surface area contributed by atoms with Crippen LogP contribution >= 0.6 is 0 Å². The lowest BCUT2D eigenvalue weighted by Crippen LogP contribution is -2.28. The van der Waals surface area contributed by atoms with Crippen molar-refractivity contribution in [3.63, 3.8) is 0 Å². The van der Waals surface area contributed by atoms with Crippen LogP contribution in [-0.4, -0.2) is 23.6 Å². The van der Waals surface area contributed by atoms with Crippen molar-refractivity contribution < 1.29 is 19.4 Å². The summed E-state index contributed by atoms with van der Waals surface area (Å²) in [7, 11) is 0. The first-order valence-electron chi connectivity index (χ1n) is 5.90. The molecular formula is C13H15NO4. The molecule has 0 unspecified atom stereocenters. The molecule has 1 amide bonds. The maximum absolute atomic E-state index is 11.7. The molecule has 18 heavy (non-hydrogen) atoms. The first-order chi connectivity index (χ1) is 8.65. The highest BCUT2D eigenvalue weighted by Gasteiger charge is 2.25. The maximum Gasteiger partial charge on any atom is 0.341 e. The van der Waals surface area contributed by atoms with E-state index in [0.29, 0.717) is 11.4 Å². The predicted molar refractivity (Wildman–Crippen MR) is 65.5 cm³/mol. The summed E-state index contributed by atoms with van der Waals surface area (Å²) in [5.41, 5.74) is 0.634. The Balaban J connectivity index is 1.93. The van der Waals surface area contributed by atoms with E-state index in [0.717, 1.165) is 19.3 Å². The minimum Gasteiger partial charge on any atom is -0.482 e. The van der Waals surface area contributed by atoms with Crippen molar-refractivity contribution in [1.82, 2.24) is 0 Å². The quantitative estimate of drug-likeness (QED) is 0.835. The summed E-state index contributed by atoms with van der Waals surface area (Å²) < 4.78 is 5.04. The molecule has 0 spiro atoms. The van der Waals surface area contributed by atoms with Gasteiger partial charge in [-0.2, -0.15) is 0 Å². The fourth-order valence-corrected chi connectivity index (χ4v) is 1.72. The SMILES string of the molecule is O=C(O)COc1cccc(NC(=O)C2CCC2)c1. The number of carboxylic acid groups (broad SMARTS) is 1. The molecule has 5 nitrogen and oxygen atoms in total. The summed E-state index contributed by atoms with van der Waals surface area (Å²) in [6.07, 6.45) is 3.00. The van der Waals surface area contributed by atoms with Crippen molar-refractivity contribution in [2.24, 2.45) is 5.92 Å². The Morgan fingerprint density at radius 1 is 1.39 bits per heavy atom. The van der Waals surface area contributed by atoms with Gasteiger partial charge < -0.3 is 15.2 Å². The Hall–Kier alpha value is -2.04. The summed E-state index contributed by atoms with van der Waals surface area (Å²) in [6, 6.07) is 6.75. The number of carbonyl (C=O) groups is 2. The lowest BCUT2D eigenvalue weighted by atomic mass is 9.85. The molecule has 2 N–H and O–H groups in total. The lowest BCUT2D eigenvalue weighted by Gasteiger charge is -2.24. The Labute approximate surface area is 105 Å². The fourth-order valence-electron chi connectivity index (χ4n) is 1.72. The maximum atomic E-state index is 11.7. The average Bonchev–Trinajstić information content (AvgIpc) is 2.24. The van der Waals surface area contributed by atoms with Gasteiger partial charge in [0.25, 0.3) is 0 Å². The second-order valence-electron chi connectivity index (χ2n) is 4.33. The average molecular weight is 249 g/mol. The van der Waals surface area contributed by atoms with Crippen molar-refractivity contribution in [3.8, 4) is 5.75 Å². The van der Waals surface area contributed by atoms with Gasteiger partial charge in [0, 0.05) is 17.7 Å². The number of benzene rings is 1. The van der Waals surface area contributed by atoms with Crippen molar-refractivity contribution in [2.75, 3.05) is 11.9 Å². The summed E-state index contributed by atoms with van der Waals surface area (Å²) in [5, 5.41) is 11.3. The van der Waals surface area contributed by atoms with E-state index in [1.807, 2.05) is 0 Å². The number of hydrogen-bond donors (Lipinski definition) is 2. The molecule has 96 valence electrons. The molecule has 0 saturated heterocycles. The van der Waals surface area contributed by atoms with Crippen LogP contribution in [0.15, 0.2) is 24.3 Å². The molecule has 0 heterocycles. The van der Waals surface area contributed by atoms with E-state index < -0.39 is 5.97 Å². The van der Waals surface area contributed by atoms with E-state index in [4.69, 9.17) is 9.84 Å². The Kier molecular flexibility index (Phi) is 3.82. The third-order valence-electron chi connectivity index (χ3n) is 2.94. The third kappa shape index (κ3) is 3.23. The first-order valence-corrected chi connectivity index (χ1v) is 5.90. The standard InChI is InChI=1S/C13H15NO4/c15-12(16)8-18-11-6-2-5-10(7-11)14-13(17)9-3-1-4-9/h2,5-7,9H,1,3-4,8H2,(H,14,17)(H,15,16). The van der Waals surface area contributed by atoms with Gasteiger partial charge in [0.05, 0.1) is 0 Å². The second-order valence-corrected chi connectivity index (χ2v) is 4.33. The van der Waals surface area contributed by atoms with Crippen LogP contribution in [0.5, 0.6) is 5.75 Å². The number of aliphatic carboxylic acids is 1. The highest BCUT2D eigenvalue weighted by molar-refractivity contribution is 5.93. The van der Waals surface area contributed by atoms with Gasteiger partial charge in [-0.1, -0.05) is 12.5 Å². The highest BCUT2D eigenvalue weighted by atomic mass is 16.5. The summed E-state index contributed by atoms with van der Waals surface area (Å²) in [5.74, 6) is -0.451. The van der Waals surface area contributed by atoms with Crippen LogP contribution in [0.2, 0.25) is 0 Å². The molecule has 1 fully saturated rings. The Morgan fingerprint density at radius 3 is 2.78 bits per heavy atom. The third-order valence-corrected chi connectivity index (χ3v) is 2.94. The van der Waals surface area contributed by atoms with Crippen LogP contribution in [0.3, 0.4) is 0 Å². The summed E-state index contributed by atoms with van der Waals surface area (Å²) >= 11 is 0. The molecule has 2 rings (SSSR count). The monoisotopic (exact) mass is 249 g/mol. The van der Waals surface area contributed by atoms with Crippen molar-refractivity contribution in [1.29, 1.82) is 0 Å². The van der Waals surface area contributed by atoms with Gasteiger partial charge in [-0.05, 0) is 25.0 Å². The van der Waals surface area contributed by atoms with Crippen LogP contribution in [0.1, 0.15) is 19.3 Å². The molecule has 0 aliphatic heterocycles. The van der Waals surface area contributed by atoms with Crippen LogP contribution in [0.25, 0.3) is 0 Å². The zero-order valence-corrected chi connectivity index (χ0v) is 9.89. The molecule has 1 aliphatic rings. The normalized spacial score (nSPS) is 14.7. The molecule has 1 aromatic carbocycles. The molecule has 0 bridgehead atoms. The number of carboxylic acids is 1. The largest absolute Gasteiger partial charge is 0.482 e. The lowest BCUT2D eigenvalue weighted by molar-refractivity contribution is -0.139. The second kappa shape index (κ2) is 5.53. The topological polar surface area (TPSA) is 75.6 Å². The predicted octanol–water partition coefficient (Wildman–Crippen LogP) is 1.89. The van der Waals surface area contributed by atoms with Crippen molar-refractivity contribution in [2.45, 2.75) is 19.3 Å². The molecule has 1 aliphatic carbocycles. The van der Waals surface area contributed by atoms with E-state index >= 15 is 0 Å². The van der Waals surface area contributed by atoms with Crippen LogP contribution in [-0.2, 0) is 9.59 Å². The smallest absolute Gasteiger partial charge is 0.341 e. The van der Waals surface area contributed by atoms with Gasteiger partial charge in [-0.25, -0.2) is 4.79 Å². The first kappa shape index (κ1) is 12.4. The minimum absolute atomic E-state index is 0.0247. The van der Waals surface area contributed by atoms with Gasteiger partial charge in [0.2, 0.25) is 5.91 Å². The van der Waals surface area contributed by atoms with Crippen LogP contribution < -0.4 is 10.1 Å². The zero-order chi connectivity index (χ0) is 13.0. The molecule has 0 radical (unpaired) electrons. The number of rotatable bonds is 5. The van der Waals surface area contributed by atoms with Crippen molar-refractivity contribution in [3.05, 3.63) is 24.3 Å². The summed E-state index contributed by atoms with van der Waals surface area (Å²) in [6.45, 7) is -0.389. The van der Waals surface area contributed by atoms with E-state index in [2.05, 4.69) is 5.32 Å². The van der Waals surface area contributed by atoms with Gasteiger partial charge in [-0.15, -0.1) is 0 Å². The van der Waals surface area contributed by atoms with Crippen molar-refractivity contribution >= 4 is 17.6 Å². The van der Waals surface area contributed by atoms with Gasteiger partial charge in [0.1, 0.15) is 5.75 Å². The highest BCUT2D eigenvalue weighted by Crippen LogP contribution is 2.28. The van der Waals surface area contributed by atoms with Crippen LogP contribution in [0.4, 0.5) is 5.69 Å². The van der Waals surface area contributed by atoms with E-state index in [-0.39, 0.29) is 18.4 Å². The molecule has 0 atom stereocenters. The molecular weight excluding hydrogens is 234 g/mol. The van der Waals surface area contributed by atoms with E-state index in [1.54, 1.807) is 24.3 Å². The van der Waals surface area contributed by atoms with E-state index in [1.165, 1.54) is 0 Å². The Bertz CT molecular complexity index is 454. The number of nitrogens with one attached hydrogen (secondary N) is 1. The number of carbonyl (C=O) groups excluding carboxylic acids is 1. The number of ether oxygens (including phenoxy) is 1. The molecule has 0 aromatic heterocycles. The molecule has 1 saturated carbocycles. The molecule has 5 heteroatoms. The van der Waals surface area contributed by atoms with Gasteiger partial charge >= 0.3 is 5.97 Å². The fraction of sp³-hybridized carbons (Fsp3) is 0.385. The molecule has 1 aromatic rings. The minimum atomic E-state index is -1.03. The van der Waals surface area contributed by atoms with Crippen LogP contribution in [0, 0.1) is 5.92 Å². The van der Waals surface area contributed by atoms with Gasteiger partial charge in [-0.3, -0.25) is 4.79 Å². The number of hydrogen-bond acceptors (Lipinski definition) is 3. The number of anilines is 1. The summed E-state index contributed by atoms with van der Waals surface area (Å²) in [4.78, 5) is 22.1. The zero-order valence-electron chi connectivity index (χ0n) is 9.89. The van der Waals surface area contributed by atoms with Gasteiger partial charge in [0.15, 0.2) is 6.61 Å². The Morgan fingerprint density at radius 2 is 2.17 bits per heavy atom. The number of amides is 1.